The number of hydrogen-bond donors (Lipinski definition) is 0. The molecule has 2 heteroatoms. The van der Waals surface area contributed by atoms with Gasteiger partial charge in [0.1, 0.15) is 0 Å². The molecule has 2 aromatic carbocycles. The van der Waals surface area contributed by atoms with Crippen molar-refractivity contribution >= 4 is 21.7 Å². The summed E-state index contributed by atoms with van der Waals surface area (Å²) < 4.78 is 4.59. The van der Waals surface area contributed by atoms with Crippen LogP contribution in [0.15, 0.2) is 60.7 Å². The van der Waals surface area contributed by atoms with Crippen LogP contribution in [0.25, 0.3) is 12.2 Å². The predicted octanol–water partition coefficient (Wildman–Crippen LogP) is 6.05. The van der Waals surface area contributed by atoms with E-state index in [1.807, 2.05) is 0 Å². The van der Waals surface area contributed by atoms with Crippen molar-refractivity contribution in [1.29, 1.82) is 0 Å². The fraction of sp³-hybridized carbons (Fsp3) is 0.273. The van der Waals surface area contributed by atoms with Gasteiger partial charge in [-0.2, -0.15) is 0 Å². The van der Waals surface area contributed by atoms with E-state index >= 15 is 0 Å². The number of rotatable bonds is 4. The fourth-order valence-corrected chi connectivity index (χ4v) is 5.25. The Morgan fingerprint density at radius 3 is 1.62 bits per heavy atom. The summed E-state index contributed by atoms with van der Waals surface area (Å²) >= 11 is 0.230. The van der Waals surface area contributed by atoms with E-state index in [2.05, 4.69) is 82.1 Å². The quantitative estimate of drug-likeness (QED) is 0.541. The Morgan fingerprint density at radius 1 is 0.750 bits per heavy atom. The molecule has 2 aliphatic rings. The first kappa shape index (κ1) is 17.8. The van der Waals surface area contributed by atoms with Crippen LogP contribution in [-0.4, -0.2) is 9.52 Å². The van der Waals surface area contributed by atoms with E-state index < -0.39 is 0 Å². The van der Waals surface area contributed by atoms with Crippen LogP contribution in [0.5, 0.6) is 0 Å². The molecule has 0 bridgehead atoms. The van der Waals surface area contributed by atoms with E-state index in [-0.39, 0.29) is 23.2 Å². The van der Waals surface area contributed by atoms with Gasteiger partial charge in [-0.3, -0.25) is 0 Å². The Morgan fingerprint density at radius 2 is 1.17 bits per heavy atom. The van der Waals surface area contributed by atoms with Gasteiger partial charge in [-0.1, -0.05) is 84.9 Å². The van der Waals surface area contributed by atoms with Crippen LogP contribution in [0.1, 0.15) is 34.1 Å². The predicted molar refractivity (Wildman–Crippen MR) is 105 cm³/mol. The molecule has 0 saturated heterocycles. The van der Waals surface area contributed by atoms with Crippen LogP contribution in [0.3, 0.4) is 0 Å². The van der Waals surface area contributed by atoms with Crippen molar-refractivity contribution in [2.24, 2.45) is 0 Å². The molecule has 2 atom stereocenters. The minimum atomic E-state index is 0.230. The Hall–Kier alpha value is -0.980. The van der Waals surface area contributed by atoms with Crippen molar-refractivity contribution in [3.05, 3.63) is 82.9 Å². The van der Waals surface area contributed by atoms with Gasteiger partial charge in [0.05, 0.1) is 0 Å². The van der Waals surface area contributed by atoms with E-state index in [0.29, 0.717) is 21.4 Å². The first-order valence-corrected chi connectivity index (χ1v) is 15.3. The van der Waals surface area contributed by atoms with Crippen molar-refractivity contribution in [2.45, 2.75) is 33.2 Å². The van der Waals surface area contributed by atoms with Gasteiger partial charge in [0.25, 0.3) is 0 Å². The fourth-order valence-electron chi connectivity index (χ4n) is 3.51. The van der Waals surface area contributed by atoms with Gasteiger partial charge in [0.2, 0.25) is 0 Å². The van der Waals surface area contributed by atoms with Crippen molar-refractivity contribution in [2.75, 3.05) is 0 Å². The Labute approximate surface area is 160 Å². The van der Waals surface area contributed by atoms with Crippen molar-refractivity contribution < 1.29 is 23.2 Å². The van der Waals surface area contributed by atoms with Crippen LogP contribution in [0.4, 0.5) is 0 Å². The Bertz CT molecular complexity index is 671. The maximum atomic E-state index is 2.40. The van der Waals surface area contributed by atoms with Gasteiger partial charge in [-0.15, -0.1) is 0 Å². The summed E-state index contributed by atoms with van der Waals surface area (Å²) in [4.78, 5) is 0. The molecule has 24 heavy (non-hydrogen) atoms. The van der Waals surface area contributed by atoms with Crippen molar-refractivity contribution in [3.63, 3.8) is 0 Å². The first-order valence-electron chi connectivity index (χ1n) is 8.78. The average molecular weight is 409 g/mol. The number of allylic oxidation sites excluding steroid dienone is 2. The van der Waals surface area contributed by atoms with Crippen LogP contribution in [0, 0.1) is 0 Å². The molecule has 0 aromatic heterocycles. The van der Waals surface area contributed by atoms with Crippen LogP contribution in [0.2, 0.25) is 21.4 Å². The van der Waals surface area contributed by atoms with Gasteiger partial charge in [0.15, 0.2) is 0 Å². The Balaban J connectivity index is 0.000000526. The molecule has 0 aliphatic heterocycles. The molecule has 0 fully saturated rings. The topological polar surface area (TPSA) is 0 Å². The summed E-state index contributed by atoms with van der Waals surface area (Å²) in [5, 5.41) is 0. The SMILES string of the molecule is C1=CC(C[SiH]CC2C=Cc3ccccc32)c2ccccc21.[CH3][Zr][CH3]. The molecule has 0 nitrogen and oxygen atoms in total. The molecule has 0 spiro atoms. The summed E-state index contributed by atoms with van der Waals surface area (Å²) in [5.41, 5.74) is 5.92. The van der Waals surface area contributed by atoms with Gasteiger partial charge < -0.3 is 0 Å². The molecule has 0 saturated carbocycles. The third-order valence-electron chi connectivity index (χ3n) is 4.65. The zero-order chi connectivity index (χ0) is 16.8. The third-order valence-corrected chi connectivity index (χ3v) is 6.33. The molecule has 0 amide bonds. The van der Waals surface area contributed by atoms with E-state index in [4.69, 9.17) is 0 Å². The molecular formula is C22H25SiZr. The summed E-state index contributed by atoms with van der Waals surface area (Å²) in [6, 6.07) is 20.4. The normalized spacial score (nSPS) is 19.4. The monoisotopic (exact) mass is 407 g/mol. The number of fused-ring (bicyclic) bond motifs is 2. The standard InChI is InChI=1S/C20H19Si.2CH3.Zr/c1-3-7-19-15(5-1)9-11-17(19)13-21-14-18-12-10-16-6-2-4-8-20(16)18;;;/h1-12,17-18,21H,13-14H2;2*1H3;. The van der Waals surface area contributed by atoms with Crippen LogP contribution in [-0.2, 0) is 23.2 Å². The third kappa shape index (κ3) is 4.16. The van der Waals surface area contributed by atoms with E-state index in [1.165, 1.54) is 34.3 Å². The van der Waals surface area contributed by atoms with Crippen LogP contribution >= 0.6 is 0 Å². The molecule has 2 aromatic rings. The van der Waals surface area contributed by atoms with Crippen molar-refractivity contribution in [3.8, 4) is 0 Å². The van der Waals surface area contributed by atoms with Gasteiger partial charge in [0, 0.05) is 9.52 Å². The zero-order valence-corrected chi connectivity index (χ0v) is 18.2. The number of benzene rings is 2. The summed E-state index contributed by atoms with van der Waals surface area (Å²) in [6.45, 7) is 0. The van der Waals surface area contributed by atoms with Gasteiger partial charge in [-0.25, -0.2) is 0 Å². The second kappa shape index (κ2) is 8.92. The van der Waals surface area contributed by atoms with Gasteiger partial charge in [-0.05, 0) is 34.1 Å². The second-order valence-corrected chi connectivity index (χ2v) is 10.4. The summed E-state index contributed by atoms with van der Waals surface area (Å²) in [7, 11) is 0.496. The molecule has 2 unspecified atom stereocenters. The van der Waals surface area contributed by atoms with E-state index in [1.54, 1.807) is 0 Å². The molecule has 4 rings (SSSR count). The molecule has 1 radical (unpaired) electrons. The van der Waals surface area contributed by atoms with Gasteiger partial charge >= 0.3 is 32.5 Å². The van der Waals surface area contributed by atoms with E-state index in [9.17, 15) is 0 Å². The summed E-state index contributed by atoms with van der Waals surface area (Å²) in [6.07, 6.45) is 9.39. The summed E-state index contributed by atoms with van der Waals surface area (Å²) in [5.74, 6) is 1.33. The molecule has 0 N–H and O–H groups in total. The van der Waals surface area contributed by atoms with E-state index in [0.717, 1.165) is 0 Å². The molecular weight excluding hydrogens is 384 g/mol. The molecule has 121 valence electrons. The molecule has 2 aliphatic carbocycles. The van der Waals surface area contributed by atoms with Crippen LogP contribution < -0.4 is 0 Å². The zero-order valence-electron chi connectivity index (χ0n) is 14.6. The second-order valence-electron chi connectivity index (χ2n) is 6.45. The Kier molecular flexibility index (Phi) is 6.63. The van der Waals surface area contributed by atoms with Crippen molar-refractivity contribution in [1.82, 2.24) is 0 Å². The first-order chi connectivity index (χ1) is 11.8. The maximum absolute atomic E-state index is 2.40. The number of hydrogen-bond acceptors (Lipinski definition) is 0. The minimum absolute atomic E-state index is 0.230. The average Bonchev–Trinajstić information content (AvgIpc) is 3.21. The molecule has 0 heterocycles.